The van der Waals surface area contributed by atoms with E-state index in [0.29, 0.717) is 5.15 Å². The molecule has 1 heterocycles. The van der Waals surface area contributed by atoms with Crippen LogP contribution in [0.1, 0.15) is 12.5 Å². The number of nitrogens with zero attached hydrogens (tertiary/aromatic N) is 2. The summed E-state index contributed by atoms with van der Waals surface area (Å²) >= 11 is 6.08. The normalized spacial score (nSPS) is 10.7. The molecule has 0 radical (unpaired) electrons. The van der Waals surface area contributed by atoms with E-state index < -0.39 is 0 Å². The first kappa shape index (κ1) is 12.9. The molecule has 0 atom stereocenters. The SMILES string of the molecule is CCc1cccc(Nc2nnc(Cl)c3ccccc23)c1. The molecule has 20 heavy (non-hydrogen) atoms. The first-order valence-corrected chi connectivity index (χ1v) is 6.92. The van der Waals surface area contributed by atoms with Gasteiger partial charge in [0.25, 0.3) is 0 Å². The molecule has 0 aliphatic carbocycles. The molecule has 3 nitrogen and oxygen atoms in total. The summed E-state index contributed by atoms with van der Waals surface area (Å²) in [6.45, 7) is 2.14. The van der Waals surface area contributed by atoms with Crippen molar-refractivity contribution in [3.63, 3.8) is 0 Å². The highest BCUT2D eigenvalue weighted by Gasteiger charge is 2.07. The average molecular weight is 284 g/mol. The van der Waals surface area contributed by atoms with E-state index in [1.54, 1.807) is 0 Å². The summed E-state index contributed by atoms with van der Waals surface area (Å²) in [4.78, 5) is 0. The van der Waals surface area contributed by atoms with Gasteiger partial charge >= 0.3 is 0 Å². The summed E-state index contributed by atoms with van der Waals surface area (Å²) in [6.07, 6.45) is 1.00. The Labute approximate surface area is 122 Å². The van der Waals surface area contributed by atoms with Crippen LogP contribution in [0.15, 0.2) is 48.5 Å². The summed E-state index contributed by atoms with van der Waals surface area (Å²) < 4.78 is 0. The van der Waals surface area contributed by atoms with Gasteiger partial charge in [0, 0.05) is 16.5 Å². The minimum Gasteiger partial charge on any atom is -0.338 e. The van der Waals surface area contributed by atoms with E-state index in [1.165, 1.54) is 5.56 Å². The minimum absolute atomic E-state index is 0.424. The lowest BCUT2D eigenvalue weighted by Gasteiger charge is -2.09. The van der Waals surface area contributed by atoms with Gasteiger partial charge in [0.05, 0.1) is 0 Å². The molecule has 3 rings (SSSR count). The molecule has 0 unspecified atom stereocenters. The Kier molecular flexibility index (Phi) is 3.52. The molecule has 0 amide bonds. The Balaban J connectivity index is 2.04. The average Bonchev–Trinajstić information content (AvgIpc) is 2.51. The molecule has 100 valence electrons. The molecule has 3 aromatic rings. The third kappa shape index (κ3) is 2.45. The molecule has 1 N–H and O–H groups in total. The number of aryl methyl sites for hydroxylation is 1. The van der Waals surface area contributed by atoms with Gasteiger partial charge in [-0.2, -0.15) is 0 Å². The zero-order chi connectivity index (χ0) is 13.9. The lowest BCUT2D eigenvalue weighted by Crippen LogP contribution is -1.98. The van der Waals surface area contributed by atoms with Gasteiger partial charge in [-0.15, -0.1) is 10.2 Å². The maximum atomic E-state index is 6.08. The van der Waals surface area contributed by atoms with Crippen LogP contribution < -0.4 is 5.32 Å². The monoisotopic (exact) mass is 283 g/mol. The Bertz CT molecular complexity index is 756. The Hall–Kier alpha value is -2.13. The molecule has 0 saturated heterocycles. The van der Waals surface area contributed by atoms with Gasteiger partial charge in [-0.3, -0.25) is 0 Å². The maximum Gasteiger partial charge on any atom is 0.161 e. The van der Waals surface area contributed by atoms with Crippen molar-refractivity contribution in [3.8, 4) is 0 Å². The predicted octanol–water partition coefficient (Wildman–Crippen LogP) is 4.59. The number of anilines is 2. The van der Waals surface area contributed by atoms with Crippen LogP contribution in [-0.2, 0) is 6.42 Å². The van der Waals surface area contributed by atoms with Crippen molar-refractivity contribution in [3.05, 3.63) is 59.2 Å². The molecule has 0 saturated carbocycles. The highest BCUT2D eigenvalue weighted by molar-refractivity contribution is 6.34. The van der Waals surface area contributed by atoms with Crippen molar-refractivity contribution in [1.82, 2.24) is 10.2 Å². The quantitative estimate of drug-likeness (QED) is 0.764. The van der Waals surface area contributed by atoms with Crippen LogP contribution in [0, 0.1) is 0 Å². The minimum atomic E-state index is 0.424. The van der Waals surface area contributed by atoms with Crippen molar-refractivity contribution in [2.24, 2.45) is 0 Å². The number of hydrogen-bond acceptors (Lipinski definition) is 3. The van der Waals surface area contributed by atoms with Gasteiger partial charge in [-0.05, 0) is 24.1 Å². The fourth-order valence-electron chi connectivity index (χ4n) is 2.17. The highest BCUT2D eigenvalue weighted by atomic mass is 35.5. The largest absolute Gasteiger partial charge is 0.338 e. The second-order valence-corrected chi connectivity index (χ2v) is 4.92. The lowest BCUT2D eigenvalue weighted by molar-refractivity contribution is 1.05. The smallest absolute Gasteiger partial charge is 0.161 e. The lowest BCUT2D eigenvalue weighted by atomic mass is 10.1. The number of halogens is 1. The summed E-state index contributed by atoms with van der Waals surface area (Å²) in [5.41, 5.74) is 2.28. The van der Waals surface area contributed by atoms with Crippen molar-refractivity contribution in [1.29, 1.82) is 0 Å². The zero-order valence-corrected chi connectivity index (χ0v) is 11.9. The number of hydrogen-bond donors (Lipinski definition) is 1. The first-order valence-electron chi connectivity index (χ1n) is 6.55. The second kappa shape index (κ2) is 5.47. The highest BCUT2D eigenvalue weighted by Crippen LogP contribution is 2.27. The standard InChI is InChI=1S/C16H14ClN3/c1-2-11-6-5-7-12(10-11)18-16-14-9-4-3-8-13(14)15(17)19-20-16/h3-10H,2H2,1H3,(H,18,20). The van der Waals surface area contributed by atoms with Crippen molar-refractivity contribution in [2.45, 2.75) is 13.3 Å². The van der Waals surface area contributed by atoms with E-state index >= 15 is 0 Å². The number of aromatic nitrogens is 2. The van der Waals surface area contributed by atoms with Crippen LogP contribution >= 0.6 is 11.6 Å². The number of rotatable bonds is 3. The molecule has 2 aromatic carbocycles. The molecule has 0 aliphatic rings. The Morgan fingerprint density at radius 2 is 1.80 bits per heavy atom. The van der Waals surface area contributed by atoms with Crippen LogP contribution in [0.4, 0.5) is 11.5 Å². The molecular formula is C16H14ClN3. The van der Waals surface area contributed by atoms with E-state index in [1.807, 2.05) is 36.4 Å². The van der Waals surface area contributed by atoms with Gasteiger partial charge in [0.2, 0.25) is 0 Å². The molecule has 0 fully saturated rings. The second-order valence-electron chi connectivity index (χ2n) is 4.56. The summed E-state index contributed by atoms with van der Waals surface area (Å²) in [5.74, 6) is 0.721. The van der Waals surface area contributed by atoms with Crippen LogP contribution in [0.3, 0.4) is 0 Å². The Morgan fingerprint density at radius 3 is 2.60 bits per heavy atom. The van der Waals surface area contributed by atoms with Crippen LogP contribution in [0.5, 0.6) is 0 Å². The zero-order valence-electron chi connectivity index (χ0n) is 11.1. The fourth-order valence-corrected chi connectivity index (χ4v) is 2.37. The van der Waals surface area contributed by atoms with E-state index in [0.717, 1.165) is 28.7 Å². The van der Waals surface area contributed by atoms with Gasteiger partial charge in [-0.1, -0.05) is 54.9 Å². The predicted molar refractivity (Wildman–Crippen MR) is 83.7 cm³/mol. The molecule has 0 bridgehead atoms. The molecule has 0 aliphatic heterocycles. The summed E-state index contributed by atoms with van der Waals surface area (Å²) in [5, 5.41) is 13.8. The van der Waals surface area contributed by atoms with Gasteiger partial charge < -0.3 is 5.32 Å². The van der Waals surface area contributed by atoms with Crippen molar-refractivity contribution < 1.29 is 0 Å². The van der Waals surface area contributed by atoms with Crippen LogP contribution in [0.25, 0.3) is 10.8 Å². The number of nitrogens with one attached hydrogen (secondary N) is 1. The van der Waals surface area contributed by atoms with Crippen molar-refractivity contribution >= 4 is 33.9 Å². The van der Waals surface area contributed by atoms with Gasteiger partial charge in [-0.25, -0.2) is 0 Å². The van der Waals surface area contributed by atoms with E-state index in [2.05, 4.69) is 34.6 Å². The van der Waals surface area contributed by atoms with E-state index in [9.17, 15) is 0 Å². The molecular weight excluding hydrogens is 270 g/mol. The molecule has 0 spiro atoms. The molecule has 1 aromatic heterocycles. The first-order chi connectivity index (χ1) is 9.78. The summed E-state index contributed by atoms with van der Waals surface area (Å²) in [7, 11) is 0. The topological polar surface area (TPSA) is 37.8 Å². The third-order valence-corrected chi connectivity index (χ3v) is 3.52. The maximum absolute atomic E-state index is 6.08. The van der Waals surface area contributed by atoms with Crippen LogP contribution in [0.2, 0.25) is 5.15 Å². The van der Waals surface area contributed by atoms with E-state index in [-0.39, 0.29) is 0 Å². The van der Waals surface area contributed by atoms with Gasteiger partial charge in [0.1, 0.15) is 0 Å². The summed E-state index contributed by atoms with van der Waals surface area (Å²) in [6, 6.07) is 16.1. The third-order valence-electron chi connectivity index (χ3n) is 3.24. The molecule has 4 heteroatoms. The fraction of sp³-hybridized carbons (Fsp3) is 0.125. The van der Waals surface area contributed by atoms with E-state index in [4.69, 9.17) is 11.6 Å². The number of benzene rings is 2. The van der Waals surface area contributed by atoms with Gasteiger partial charge in [0.15, 0.2) is 11.0 Å². The van der Waals surface area contributed by atoms with Crippen molar-refractivity contribution in [2.75, 3.05) is 5.32 Å². The Morgan fingerprint density at radius 1 is 1.00 bits per heavy atom. The van der Waals surface area contributed by atoms with Crippen LogP contribution in [-0.4, -0.2) is 10.2 Å². The number of fused-ring (bicyclic) bond motifs is 1.